The molecule has 160 valence electrons. The van der Waals surface area contributed by atoms with Gasteiger partial charge in [0.05, 0.1) is 4.90 Å². The van der Waals surface area contributed by atoms with Crippen LogP contribution in [0.1, 0.15) is 41.6 Å². The lowest BCUT2D eigenvalue weighted by Gasteiger charge is -2.12. The molecule has 0 bridgehead atoms. The highest BCUT2D eigenvalue weighted by atomic mass is 32.2. The quantitative estimate of drug-likeness (QED) is 0.575. The molecule has 3 aromatic carbocycles. The fourth-order valence-corrected chi connectivity index (χ4v) is 4.85. The minimum atomic E-state index is -3.59. The van der Waals surface area contributed by atoms with Gasteiger partial charge in [-0.3, -0.25) is 4.79 Å². The molecular formula is C25H26N2O3S. The van der Waals surface area contributed by atoms with Crippen molar-refractivity contribution in [3.63, 3.8) is 0 Å². The largest absolute Gasteiger partial charge is 0.349 e. The number of hydrogen-bond acceptors (Lipinski definition) is 3. The summed E-state index contributed by atoms with van der Waals surface area (Å²) in [5.41, 5.74) is 3.36. The van der Waals surface area contributed by atoms with E-state index in [0.29, 0.717) is 5.56 Å². The number of carbonyl (C=O) groups is 1. The molecule has 0 saturated heterocycles. The number of carbonyl (C=O) groups excluding carboxylic acids is 1. The Balaban J connectivity index is 1.40. The standard InChI is InChI=1S/C25H26N2O3S/c28-25(27-23-8-4-5-9-23)22-12-10-20(11-13-22)21-14-16-24(17-15-21)31(29,30)26-18-19-6-2-1-3-7-19/h1-3,6-7,10-17,23,26H,4-5,8-9,18H2,(H,27,28). The van der Waals surface area contributed by atoms with Gasteiger partial charge in [-0.05, 0) is 53.8 Å². The van der Waals surface area contributed by atoms with Crippen LogP contribution < -0.4 is 10.0 Å². The van der Waals surface area contributed by atoms with Gasteiger partial charge in [-0.25, -0.2) is 13.1 Å². The Kier molecular flexibility index (Phi) is 6.49. The van der Waals surface area contributed by atoms with Gasteiger partial charge in [0, 0.05) is 18.2 Å². The van der Waals surface area contributed by atoms with Crippen LogP contribution in [0.25, 0.3) is 11.1 Å². The Morgan fingerprint density at radius 3 is 2.00 bits per heavy atom. The maximum Gasteiger partial charge on any atom is 0.251 e. The first-order chi connectivity index (χ1) is 15.0. The van der Waals surface area contributed by atoms with Crippen LogP contribution in [0.3, 0.4) is 0 Å². The van der Waals surface area contributed by atoms with Crippen LogP contribution in [-0.2, 0) is 16.6 Å². The van der Waals surface area contributed by atoms with E-state index in [-0.39, 0.29) is 23.4 Å². The van der Waals surface area contributed by atoms with Crippen molar-refractivity contribution in [2.45, 2.75) is 43.2 Å². The van der Waals surface area contributed by atoms with Gasteiger partial charge >= 0.3 is 0 Å². The van der Waals surface area contributed by atoms with Crippen molar-refractivity contribution in [3.05, 3.63) is 90.0 Å². The van der Waals surface area contributed by atoms with Crippen LogP contribution in [0.4, 0.5) is 0 Å². The van der Waals surface area contributed by atoms with Crippen molar-refractivity contribution >= 4 is 15.9 Å². The Labute approximate surface area is 183 Å². The molecule has 1 aliphatic carbocycles. The summed E-state index contributed by atoms with van der Waals surface area (Å²) in [6.07, 6.45) is 4.47. The number of sulfonamides is 1. The first-order valence-electron chi connectivity index (χ1n) is 10.6. The number of rotatable bonds is 7. The summed E-state index contributed by atoms with van der Waals surface area (Å²) in [5, 5.41) is 3.09. The summed E-state index contributed by atoms with van der Waals surface area (Å²) in [6.45, 7) is 0.245. The van der Waals surface area contributed by atoms with E-state index in [0.717, 1.165) is 29.5 Å². The summed E-state index contributed by atoms with van der Waals surface area (Å²) in [5.74, 6) is -0.0376. The zero-order valence-corrected chi connectivity index (χ0v) is 18.1. The Morgan fingerprint density at radius 1 is 0.806 bits per heavy atom. The second-order valence-electron chi connectivity index (χ2n) is 7.87. The molecule has 6 heteroatoms. The molecular weight excluding hydrogens is 408 g/mol. The van der Waals surface area contributed by atoms with E-state index in [2.05, 4.69) is 10.0 Å². The summed E-state index contributed by atoms with van der Waals surface area (Å²) in [6, 6.07) is 23.9. The van der Waals surface area contributed by atoms with Gasteiger partial charge in [-0.2, -0.15) is 0 Å². The molecule has 0 radical (unpaired) electrons. The minimum Gasteiger partial charge on any atom is -0.349 e. The third-order valence-electron chi connectivity index (χ3n) is 5.64. The van der Waals surface area contributed by atoms with Crippen molar-refractivity contribution < 1.29 is 13.2 Å². The molecule has 0 unspecified atom stereocenters. The lowest BCUT2D eigenvalue weighted by Crippen LogP contribution is -2.32. The van der Waals surface area contributed by atoms with Gasteiger partial charge in [-0.15, -0.1) is 0 Å². The van der Waals surface area contributed by atoms with E-state index in [1.807, 2.05) is 54.6 Å². The molecule has 1 amide bonds. The highest BCUT2D eigenvalue weighted by Crippen LogP contribution is 2.23. The zero-order chi connectivity index (χ0) is 21.7. The molecule has 0 aromatic heterocycles. The number of benzene rings is 3. The van der Waals surface area contributed by atoms with Crippen molar-refractivity contribution in [1.29, 1.82) is 0 Å². The maximum atomic E-state index is 12.6. The van der Waals surface area contributed by atoms with Gasteiger partial charge < -0.3 is 5.32 Å². The van der Waals surface area contributed by atoms with Crippen LogP contribution in [0.5, 0.6) is 0 Å². The van der Waals surface area contributed by atoms with Crippen LogP contribution in [-0.4, -0.2) is 20.4 Å². The van der Waals surface area contributed by atoms with Gasteiger partial charge in [-0.1, -0.05) is 67.4 Å². The Morgan fingerprint density at radius 2 is 1.39 bits per heavy atom. The first-order valence-corrected chi connectivity index (χ1v) is 12.0. The van der Waals surface area contributed by atoms with E-state index in [1.165, 1.54) is 12.8 Å². The van der Waals surface area contributed by atoms with E-state index in [1.54, 1.807) is 24.3 Å². The fraction of sp³-hybridized carbons (Fsp3) is 0.240. The number of hydrogen-bond donors (Lipinski definition) is 2. The molecule has 1 fully saturated rings. The molecule has 31 heavy (non-hydrogen) atoms. The van der Waals surface area contributed by atoms with Crippen LogP contribution >= 0.6 is 0 Å². The first kappa shape index (κ1) is 21.3. The normalized spacial score (nSPS) is 14.5. The van der Waals surface area contributed by atoms with Crippen LogP contribution in [0.15, 0.2) is 83.8 Å². The Hall–Kier alpha value is -2.96. The molecule has 4 rings (SSSR count). The third-order valence-corrected chi connectivity index (χ3v) is 7.06. The topological polar surface area (TPSA) is 75.3 Å². The highest BCUT2D eigenvalue weighted by molar-refractivity contribution is 7.89. The second kappa shape index (κ2) is 9.45. The maximum absolute atomic E-state index is 12.6. The predicted octanol–water partition coefficient (Wildman–Crippen LogP) is 4.50. The molecule has 0 atom stereocenters. The molecule has 1 aliphatic rings. The zero-order valence-electron chi connectivity index (χ0n) is 17.3. The van der Waals surface area contributed by atoms with E-state index in [9.17, 15) is 13.2 Å². The lowest BCUT2D eigenvalue weighted by atomic mass is 10.0. The molecule has 1 saturated carbocycles. The summed E-state index contributed by atoms with van der Waals surface area (Å²) >= 11 is 0. The van der Waals surface area contributed by atoms with Crippen molar-refractivity contribution in [2.24, 2.45) is 0 Å². The lowest BCUT2D eigenvalue weighted by molar-refractivity contribution is 0.0938. The van der Waals surface area contributed by atoms with Gasteiger partial charge in [0.25, 0.3) is 5.91 Å². The number of nitrogens with one attached hydrogen (secondary N) is 2. The molecule has 5 nitrogen and oxygen atoms in total. The minimum absolute atomic E-state index is 0.0376. The molecule has 0 aliphatic heterocycles. The van der Waals surface area contributed by atoms with Crippen LogP contribution in [0.2, 0.25) is 0 Å². The summed E-state index contributed by atoms with van der Waals surface area (Å²) in [7, 11) is -3.59. The highest BCUT2D eigenvalue weighted by Gasteiger charge is 2.18. The van der Waals surface area contributed by atoms with Gasteiger partial charge in [0.2, 0.25) is 10.0 Å². The monoisotopic (exact) mass is 434 g/mol. The van der Waals surface area contributed by atoms with Crippen LogP contribution in [0, 0.1) is 0 Å². The average Bonchev–Trinajstić information content (AvgIpc) is 3.32. The van der Waals surface area contributed by atoms with Gasteiger partial charge in [0.15, 0.2) is 0 Å². The Bertz CT molecular complexity index is 1120. The average molecular weight is 435 g/mol. The molecule has 3 aromatic rings. The summed E-state index contributed by atoms with van der Waals surface area (Å²) in [4.78, 5) is 12.6. The van der Waals surface area contributed by atoms with E-state index in [4.69, 9.17) is 0 Å². The van der Waals surface area contributed by atoms with E-state index >= 15 is 0 Å². The fourth-order valence-electron chi connectivity index (χ4n) is 3.84. The molecule has 0 spiro atoms. The third kappa shape index (κ3) is 5.40. The number of amides is 1. The van der Waals surface area contributed by atoms with Crippen molar-refractivity contribution in [3.8, 4) is 11.1 Å². The second-order valence-corrected chi connectivity index (χ2v) is 9.63. The van der Waals surface area contributed by atoms with Crippen molar-refractivity contribution in [1.82, 2.24) is 10.0 Å². The van der Waals surface area contributed by atoms with Crippen molar-refractivity contribution in [2.75, 3.05) is 0 Å². The molecule has 0 heterocycles. The van der Waals surface area contributed by atoms with E-state index < -0.39 is 10.0 Å². The SMILES string of the molecule is O=C(NC1CCCC1)c1ccc(-c2ccc(S(=O)(=O)NCc3ccccc3)cc2)cc1. The molecule has 2 N–H and O–H groups in total. The summed E-state index contributed by atoms with van der Waals surface area (Å²) < 4.78 is 27.7. The predicted molar refractivity (Wildman–Crippen MR) is 122 cm³/mol. The van der Waals surface area contributed by atoms with Gasteiger partial charge in [0.1, 0.15) is 0 Å². The smallest absolute Gasteiger partial charge is 0.251 e.